The summed E-state index contributed by atoms with van der Waals surface area (Å²) in [5.41, 5.74) is 0. The van der Waals surface area contributed by atoms with Crippen molar-refractivity contribution >= 4 is 0 Å². The molecule has 0 heterocycles. The lowest BCUT2D eigenvalue weighted by atomic mass is 10.5. The molecular weight excluding hydrogens is 102 g/mol. The summed E-state index contributed by atoms with van der Waals surface area (Å²) in [7, 11) is 0. The minimum Gasteiger partial charge on any atom is -0.395 e. The molecule has 0 spiro atoms. The molecular formula is C6H14NO. The van der Waals surface area contributed by atoms with Crippen LogP contribution < -0.4 is 0 Å². The Morgan fingerprint density at radius 1 is 1.62 bits per heavy atom. The van der Waals surface area contributed by atoms with Crippen molar-refractivity contribution in [2.45, 2.75) is 6.92 Å². The lowest BCUT2D eigenvalue weighted by Crippen LogP contribution is -2.26. The maximum Gasteiger partial charge on any atom is 0.0558 e. The molecule has 0 aromatic rings. The molecule has 0 unspecified atom stereocenters. The number of hydrogen-bond acceptors (Lipinski definition) is 2. The molecule has 0 aliphatic carbocycles. The van der Waals surface area contributed by atoms with Gasteiger partial charge >= 0.3 is 0 Å². The summed E-state index contributed by atoms with van der Waals surface area (Å²) in [6, 6.07) is 0. The van der Waals surface area contributed by atoms with Crippen molar-refractivity contribution in [3.63, 3.8) is 0 Å². The SMILES string of the molecule is [CH2]CN(CC)CCO. The fourth-order valence-corrected chi connectivity index (χ4v) is 0.569. The zero-order valence-corrected chi connectivity index (χ0v) is 5.43. The fraction of sp³-hybridized carbons (Fsp3) is 0.833. The van der Waals surface area contributed by atoms with Gasteiger partial charge in [-0.25, -0.2) is 0 Å². The molecule has 0 aliphatic rings. The average Bonchev–Trinajstić information content (AvgIpc) is 1.83. The normalized spacial score (nSPS) is 10.5. The Labute approximate surface area is 51.1 Å². The zero-order chi connectivity index (χ0) is 6.41. The molecule has 1 radical (unpaired) electrons. The van der Waals surface area contributed by atoms with Crippen molar-refractivity contribution in [3.8, 4) is 0 Å². The maximum atomic E-state index is 8.43. The second kappa shape index (κ2) is 5.06. The molecule has 0 amide bonds. The highest BCUT2D eigenvalue weighted by Gasteiger charge is 1.93. The Morgan fingerprint density at radius 3 is 2.38 bits per heavy atom. The van der Waals surface area contributed by atoms with Gasteiger partial charge in [0.05, 0.1) is 6.61 Å². The summed E-state index contributed by atoms with van der Waals surface area (Å²) in [6.07, 6.45) is 0. The van der Waals surface area contributed by atoms with Gasteiger partial charge in [-0.15, -0.1) is 0 Å². The van der Waals surface area contributed by atoms with E-state index < -0.39 is 0 Å². The molecule has 0 aromatic carbocycles. The summed E-state index contributed by atoms with van der Waals surface area (Å²) in [5.74, 6) is 0. The number of hydrogen-bond donors (Lipinski definition) is 1. The van der Waals surface area contributed by atoms with E-state index in [-0.39, 0.29) is 6.61 Å². The van der Waals surface area contributed by atoms with Crippen molar-refractivity contribution in [1.29, 1.82) is 0 Å². The van der Waals surface area contributed by atoms with Crippen LogP contribution in [0, 0.1) is 6.92 Å². The molecule has 0 saturated carbocycles. The topological polar surface area (TPSA) is 23.5 Å². The minimum atomic E-state index is 0.239. The van der Waals surface area contributed by atoms with Gasteiger partial charge in [0.15, 0.2) is 0 Å². The molecule has 2 heteroatoms. The number of aliphatic hydroxyl groups is 1. The number of rotatable bonds is 4. The molecule has 0 fully saturated rings. The highest BCUT2D eigenvalue weighted by atomic mass is 16.3. The molecule has 0 rings (SSSR count). The summed E-state index contributed by atoms with van der Waals surface area (Å²) in [6.45, 7) is 8.50. The zero-order valence-electron chi connectivity index (χ0n) is 5.43. The van der Waals surface area contributed by atoms with E-state index in [1.54, 1.807) is 0 Å². The van der Waals surface area contributed by atoms with Gasteiger partial charge in [0, 0.05) is 6.54 Å². The highest BCUT2D eigenvalue weighted by molar-refractivity contribution is 4.53. The summed E-state index contributed by atoms with van der Waals surface area (Å²) in [5, 5.41) is 8.43. The first-order chi connectivity index (χ1) is 3.85. The van der Waals surface area contributed by atoms with Crippen LogP contribution >= 0.6 is 0 Å². The summed E-state index contributed by atoms with van der Waals surface area (Å²) < 4.78 is 0. The van der Waals surface area contributed by atoms with E-state index in [0.29, 0.717) is 0 Å². The second-order valence-corrected chi connectivity index (χ2v) is 1.66. The van der Waals surface area contributed by atoms with Crippen LogP contribution in [0.25, 0.3) is 0 Å². The standard InChI is InChI=1S/C6H14NO/c1-3-7(4-2)5-6-8/h8H,1,3-6H2,2H3. The van der Waals surface area contributed by atoms with E-state index in [0.717, 1.165) is 19.6 Å². The van der Waals surface area contributed by atoms with E-state index >= 15 is 0 Å². The van der Waals surface area contributed by atoms with Gasteiger partial charge in [0.2, 0.25) is 0 Å². The fourth-order valence-electron chi connectivity index (χ4n) is 0.569. The molecule has 2 nitrogen and oxygen atoms in total. The maximum absolute atomic E-state index is 8.43. The highest BCUT2D eigenvalue weighted by Crippen LogP contribution is 1.82. The first kappa shape index (κ1) is 7.92. The van der Waals surface area contributed by atoms with Gasteiger partial charge < -0.3 is 10.0 Å². The van der Waals surface area contributed by atoms with Crippen LogP contribution in [0.4, 0.5) is 0 Å². The Balaban J connectivity index is 3.07. The minimum absolute atomic E-state index is 0.239. The molecule has 0 aliphatic heterocycles. The smallest absolute Gasteiger partial charge is 0.0558 e. The van der Waals surface area contributed by atoms with Gasteiger partial charge in [0.25, 0.3) is 0 Å². The van der Waals surface area contributed by atoms with Crippen molar-refractivity contribution in [1.82, 2.24) is 4.90 Å². The molecule has 8 heavy (non-hydrogen) atoms. The largest absolute Gasteiger partial charge is 0.395 e. The molecule has 49 valence electrons. The number of aliphatic hydroxyl groups excluding tert-OH is 1. The lowest BCUT2D eigenvalue weighted by molar-refractivity contribution is 0.214. The van der Waals surface area contributed by atoms with E-state index in [2.05, 4.69) is 18.7 Å². The van der Waals surface area contributed by atoms with Gasteiger partial charge in [-0.3, -0.25) is 0 Å². The van der Waals surface area contributed by atoms with Crippen molar-refractivity contribution in [2.24, 2.45) is 0 Å². The van der Waals surface area contributed by atoms with Crippen LogP contribution in [0.5, 0.6) is 0 Å². The Bertz CT molecular complexity index is 43.8. The Kier molecular flexibility index (Phi) is 5.01. The van der Waals surface area contributed by atoms with E-state index in [9.17, 15) is 0 Å². The number of nitrogens with zero attached hydrogens (tertiary/aromatic N) is 1. The number of likely N-dealkylation sites (N-methyl/N-ethyl adjacent to an activating group) is 1. The van der Waals surface area contributed by atoms with E-state index in [1.165, 1.54) is 0 Å². The average molecular weight is 116 g/mol. The first-order valence-corrected chi connectivity index (χ1v) is 2.97. The predicted molar refractivity (Wildman–Crippen MR) is 34.6 cm³/mol. The van der Waals surface area contributed by atoms with E-state index in [1.807, 2.05) is 0 Å². The third-order valence-corrected chi connectivity index (χ3v) is 1.18. The van der Waals surface area contributed by atoms with Crippen LogP contribution in [0.3, 0.4) is 0 Å². The van der Waals surface area contributed by atoms with Gasteiger partial charge in [-0.05, 0) is 20.0 Å². The van der Waals surface area contributed by atoms with E-state index in [4.69, 9.17) is 5.11 Å². The van der Waals surface area contributed by atoms with Crippen molar-refractivity contribution in [2.75, 3.05) is 26.2 Å². The van der Waals surface area contributed by atoms with Crippen LogP contribution in [-0.4, -0.2) is 36.2 Å². The molecule has 0 saturated heterocycles. The van der Waals surface area contributed by atoms with Crippen molar-refractivity contribution in [3.05, 3.63) is 6.92 Å². The quantitative estimate of drug-likeness (QED) is 0.564. The Morgan fingerprint density at radius 2 is 2.25 bits per heavy atom. The first-order valence-electron chi connectivity index (χ1n) is 2.97. The third-order valence-electron chi connectivity index (χ3n) is 1.18. The molecule has 0 atom stereocenters. The molecule has 0 aromatic heterocycles. The summed E-state index contributed by atoms with van der Waals surface area (Å²) in [4.78, 5) is 2.07. The molecule has 1 N–H and O–H groups in total. The van der Waals surface area contributed by atoms with Gasteiger partial charge in [0.1, 0.15) is 0 Å². The van der Waals surface area contributed by atoms with Crippen LogP contribution in [0.15, 0.2) is 0 Å². The predicted octanol–water partition coefficient (Wildman–Crippen LogP) is 0.135. The second-order valence-electron chi connectivity index (χ2n) is 1.66. The van der Waals surface area contributed by atoms with Crippen LogP contribution in [-0.2, 0) is 0 Å². The van der Waals surface area contributed by atoms with Gasteiger partial charge in [-0.2, -0.15) is 0 Å². The third kappa shape index (κ3) is 2.99. The monoisotopic (exact) mass is 116 g/mol. The summed E-state index contributed by atoms with van der Waals surface area (Å²) >= 11 is 0. The molecule has 0 bridgehead atoms. The van der Waals surface area contributed by atoms with Gasteiger partial charge in [-0.1, -0.05) is 6.92 Å². The lowest BCUT2D eigenvalue weighted by Gasteiger charge is -2.14. The Hall–Kier alpha value is -0.0800. The van der Waals surface area contributed by atoms with Crippen molar-refractivity contribution < 1.29 is 5.11 Å². The van der Waals surface area contributed by atoms with Crippen LogP contribution in [0.1, 0.15) is 6.92 Å². The van der Waals surface area contributed by atoms with Crippen LogP contribution in [0.2, 0.25) is 0 Å².